The van der Waals surface area contributed by atoms with E-state index in [0.717, 1.165) is 16.0 Å². The first-order valence-electron chi connectivity index (χ1n) is 13.0. The number of aliphatic hydroxyl groups is 1. The largest absolute Gasteiger partial charge is 0.496 e. The Morgan fingerprint density at radius 3 is 1.88 bits per heavy atom. The number of hydrogen-bond acceptors (Lipinski definition) is 4. The van der Waals surface area contributed by atoms with Crippen molar-refractivity contribution in [3.63, 3.8) is 0 Å². The van der Waals surface area contributed by atoms with Crippen LogP contribution in [0.4, 0.5) is 8.78 Å². The van der Waals surface area contributed by atoms with Crippen molar-refractivity contribution >= 4 is 35.0 Å². The molecule has 9 heteroatoms. The van der Waals surface area contributed by atoms with Gasteiger partial charge < -0.3 is 9.84 Å². The molecule has 4 aromatic rings. The predicted octanol–water partition coefficient (Wildman–Crippen LogP) is 7.65. The number of fused-ring (bicyclic) bond motifs is 1. The molecule has 1 heterocycles. The summed E-state index contributed by atoms with van der Waals surface area (Å²) in [5.41, 5.74) is 4.22. The smallest absolute Gasteiger partial charge is 0.261 e. The van der Waals surface area contributed by atoms with Crippen molar-refractivity contribution in [2.45, 2.75) is 26.4 Å². The third-order valence-corrected chi connectivity index (χ3v) is 7.02. The summed E-state index contributed by atoms with van der Waals surface area (Å²) in [5.74, 6) is -1.21. The van der Waals surface area contributed by atoms with Crippen molar-refractivity contribution in [2.24, 2.45) is 0 Å². The highest BCUT2D eigenvalue weighted by atomic mass is 35.5. The van der Waals surface area contributed by atoms with E-state index in [4.69, 9.17) is 16.3 Å². The summed E-state index contributed by atoms with van der Waals surface area (Å²) < 4.78 is 32.3. The second kappa shape index (κ2) is 14.9. The van der Waals surface area contributed by atoms with Gasteiger partial charge >= 0.3 is 0 Å². The number of carbonyl (C=O) groups is 2. The second-order valence-electron chi connectivity index (χ2n) is 9.48. The lowest BCUT2D eigenvalue weighted by atomic mass is 9.97. The lowest BCUT2D eigenvalue weighted by Gasteiger charge is -2.21. The van der Waals surface area contributed by atoms with Gasteiger partial charge in [0.25, 0.3) is 11.8 Å². The van der Waals surface area contributed by atoms with Crippen molar-refractivity contribution in [1.82, 2.24) is 4.90 Å². The topological polar surface area (TPSA) is 66.8 Å². The number of methoxy groups -OCH3 is 1. The SMILES string of the molecule is CCl.COc1c(CC(O)CN2C(=O)c3ccccc3C2=O)cc(F)cc1-c1ccccc1Cl.Cc1ccc(F)cc1C. The summed E-state index contributed by atoms with van der Waals surface area (Å²) in [5, 5.41) is 11.1. The van der Waals surface area contributed by atoms with E-state index < -0.39 is 23.7 Å². The number of alkyl halides is 1. The fourth-order valence-corrected chi connectivity index (χ4v) is 4.80. The van der Waals surface area contributed by atoms with Crippen LogP contribution in [-0.2, 0) is 6.42 Å². The van der Waals surface area contributed by atoms with E-state index in [9.17, 15) is 23.5 Å². The third kappa shape index (κ3) is 7.53. The van der Waals surface area contributed by atoms with Crippen LogP contribution in [0.1, 0.15) is 37.4 Å². The lowest BCUT2D eigenvalue weighted by molar-refractivity contribution is 0.0543. The van der Waals surface area contributed by atoms with Crippen LogP contribution in [0.25, 0.3) is 11.1 Å². The molecule has 0 radical (unpaired) electrons. The number of halogens is 4. The second-order valence-corrected chi connectivity index (χ2v) is 9.89. The molecule has 5 rings (SSSR count). The molecule has 2 amide bonds. The lowest BCUT2D eigenvalue weighted by Crippen LogP contribution is -2.37. The first-order chi connectivity index (χ1) is 20.1. The van der Waals surface area contributed by atoms with Crippen molar-refractivity contribution in [3.8, 4) is 16.9 Å². The number of rotatable bonds is 6. The first-order valence-corrected chi connectivity index (χ1v) is 14.1. The molecule has 0 aromatic heterocycles. The zero-order valence-corrected chi connectivity index (χ0v) is 25.1. The molecule has 1 unspecified atom stereocenters. The maximum Gasteiger partial charge on any atom is 0.261 e. The summed E-state index contributed by atoms with van der Waals surface area (Å²) >= 11 is 10.9. The van der Waals surface area contributed by atoms with Gasteiger partial charge in [-0.15, -0.1) is 11.6 Å². The van der Waals surface area contributed by atoms with Gasteiger partial charge in [0.15, 0.2) is 0 Å². The molecule has 4 aromatic carbocycles. The van der Waals surface area contributed by atoms with Crippen LogP contribution in [0.3, 0.4) is 0 Å². The van der Waals surface area contributed by atoms with Gasteiger partial charge in [0, 0.05) is 34.5 Å². The monoisotopic (exact) mass is 613 g/mol. The molecule has 1 atom stereocenters. The normalized spacial score (nSPS) is 12.5. The standard InChI is InChI=1S/C24H19ClFNO4.C8H9F.CH3Cl/c1-31-22-14(10-15(26)12-20(22)17-6-4-5-9-21(17)25)11-16(28)13-27-23(29)18-7-2-3-8-19(18)24(27)30;1-6-3-4-8(9)5-7(6)2;1-2/h2-10,12,16,28H,11,13H2,1H3;3-5H,1-2H3;1H3. The Labute approximate surface area is 254 Å². The first kappa shape index (κ1) is 32.7. The van der Waals surface area contributed by atoms with E-state index in [1.165, 1.54) is 37.8 Å². The van der Waals surface area contributed by atoms with Crippen molar-refractivity contribution < 1.29 is 28.2 Å². The predicted molar refractivity (Wildman–Crippen MR) is 163 cm³/mol. The Hall–Kier alpha value is -3.78. The highest BCUT2D eigenvalue weighted by molar-refractivity contribution is 6.33. The van der Waals surface area contributed by atoms with Crippen LogP contribution in [0.5, 0.6) is 5.75 Å². The molecule has 220 valence electrons. The fraction of sp³-hybridized carbons (Fsp3) is 0.212. The van der Waals surface area contributed by atoms with E-state index in [-0.39, 0.29) is 18.8 Å². The summed E-state index contributed by atoms with van der Waals surface area (Å²) in [6, 6.07) is 20.9. The molecule has 0 fully saturated rings. The molecule has 0 saturated heterocycles. The summed E-state index contributed by atoms with van der Waals surface area (Å²) in [6.45, 7) is 3.65. The van der Waals surface area contributed by atoms with Gasteiger partial charge in [-0.1, -0.05) is 48.0 Å². The number of aryl methyl sites for hydroxylation is 2. The molecular weight excluding hydrogens is 583 g/mol. The van der Waals surface area contributed by atoms with E-state index >= 15 is 0 Å². The van der Waals surface area contributed by atoms with Crippen molar-refractivity contribution in [3.05, 3.63) is 123 Å². The van der Waals surface area contributed by atoms with Crippen LogP contribution >= 0.6 is 23.2 Å². The van der Waals surface area contributed by atoms with Crippen LogP contribution in [0.15, 0.2) is 78.9 Å². The zero-order chi connectivity index (χ0) is 31.0. The minimum absolute atomic E-state index is 0.0220. The number of benzene rings is 4. The summed E-state index contributed by atoms with van der Waals surface area (Å²) in [6.07, 6.45) is 0.336. The van der Waals surface area contributed by atoms with Gasteiger partial charge in [0.2, 0.25) is 0 Å². The van der Waals surface area contributed by atoms with E-state index in [1.54, 1.807) is 54.6 Å². The maximum absolute atomic E-state index is 14.4. The minimum Gasteiger partial charge on any atom is -0.496 e. The number of ether oxygens (including phenoxy) is 1. The Balaban J connectivity index is 0.000000373. The highest BCUT2D eigenvalue weighted by Gasteiger charge is 2.36. The molecule has 42 heavy (non-hydrogen) atoms. The average Bonchev–Trinajstić information content (AvgIpc) is 3.21. The third-order valence-electron chi connectivity index (χ3n) is 6.69. The van der Waals surface area contributed by atoms with Crippen LogP contribution in [0.2, 0.25) is 5.02 Å². The molecule has 0 saturated carbocycles. The van der Waals surface area contributed by atoms with Gasteiger partial charge in [0.05, 0.1) is 30.9 Å². The molecule has 5 nitrogen and oxygen atoms in total. The van der Waals surface area contributed by atoms with Gasteiger partial charge in [-0.3, -0.25) is 14.5 Å². The number of β-amino-alcohol motifs (C(OH)–C–C–N with tert-alkyl or cyclic N) is 1. The maximum atomic E-state index is 14.4. The van der Waals surface area contributed by atoms with Gasteiger partial charge in [0.1, 0.15) is 17.4 Å². The minimum atomic E-state index is -1.11. The molecule has 1 aliphatic rings. The number of carbonyl (C=O) groups excluding carboxylic acids is 2. The van der Waals surface area contributed by atoms with Gasteiger partial charge in [-0.05, 0) is 67.4 Å². The zero-order valence-electron chi connectivity index (χ0n) is 23.6. The Kier molecular flexibility index (Phi) is 11.6. The quantitative estimate of drug-likeness (QED) is 0.179. The number of hydrogen-bond donors (Lipinski definition) is 1. The molecular formula is C33H31Cl2F2NO4. The van der Waals surface area contributed by atoms with Crippen LogP contribution < -0.4 is 4.74 Å². The molecule has 0 bridgehead atoms. The number of imide groups is 1. The molecule has 1 aliphatic heterocycles. The molecule has 0 aliphatic carbocycles. The highest BCUT2D eigenvalue weighted by Crippen LogP contribution is 2.38. The average molecular weight is 615 g/mol. The number of amides is 2. The van der Waals surface area contributed by atoms with Crippen LogP contribution in [-0.4, -0.2) is 48.0 Å². The molecule has 0 spiro atoms. The van der Waals surface area contributed by atoms with Crippen LogP contribution in [0, 0.1) is 25.5 Å². The van der Waals surface area contributed by atoms with Crippen molar-refractivity contribution in [1.29, 1.82) is 0 Å². The van der Waals surface area contributed by atoms with Crippen molar-refractivity contribution in [2.75, 3.05) is 20.0 Å². The Morgan fingerprint density at radius 1 is 0.786 bits per heavy atom. The summed E-state index contributed by atoms with van der Waals surface area (Å²) in [4.78, 5) is 26.1. The Morgan fingerprint density at radius 2 is 1.36 bits per heavy atom. The van der Waals surface area contributed by atoms with E-state index in [2.05, 4.69) is 11.6 Å². The van der Waals surface area contributed by atoms with E-state index in [0.29, 0.717) is 38.6 Å². The number of nitrogens with zero attached hydrogens (tertiary/aromatic N) is 1. The fourth-order valence-electron chi connectivity index (χ4n) is 4.56. The Bertz CT molecular complexity index is 1540. The van der Waals surface area contributed by atoms with Gasteiger partial charge in [-0.25, -0.2) is 8.78 Å². The van der Waals surface area contributed by atoms with E-state index in [1.807, 2.05) is 13.8 Å². The number of aliphatic hydroxyl groups excluding tert-OH is 1. The van der Waals surface area contributed by atoms with Gasteiger partial charge in [-0.2, -0.15) is 0 Å². The summed E-state index contributed by atoms with van der Waals surface area (Å²) in [7, 11) is 1.45. The molecule has 1 N–H and O–H groups in total.